The zero-order chi connectivity index (χ0) is 34.3. The Morgan fingerprint density at radius 2 is 0.918 bits per heavy atom. The minimum atomic E-state index is -1.40. The molecule has 6 N–H and O–H groups in total. The van der Waals surface area contributed by atoms with Crippen molar-refractivity contribution < 1.29 is 10.0 Å². The Hall–Kier alpha value is -4.92. The molecule has 0 atom stereocenters. The van der Waals surface area contributed by atoms with Gasteiger partial charge in [-0.25, -0.2) is 0 Å². The van der Waals surface area contributed by atoms with Crippen molar-refractivity contribution in [1.82, 2.24) is 0 Å². The highest BCUT2D eigenvalue weighted by atomic mass is 79.9. The molecule has 0 aliphatic rings. The Morgan fingerprint density at radius 1 is 0.429 bits per heavy atom. The lowest BCUT2D eigenvalue weighted by molar-refractivity contribution is 0.426. The van der Waals surface area contributed by atoms with Gasteiger partial charge in [0.25, 0.3) is 0 Å². The van der Waals surface area contributed by atoms with Crippen LogP contribution < -0.4 is 16.9 Å². The summed E-state index contributed by atoms with van der Waals surface area (Å²) in [6.45, 7) is 0. The van der Waals surface area contributed by atoms with Crippen molar-refractivity contribution in [2.45, 2.75) is 0 Å². The number of benzene rings is 8. The maximum Gasteiger partial charge on any atom is 0.489 e. The van der Waals surface area contributed by atoms with E-state index >= 15 is 0 Å². The predicted molar refractivity (Wildman–Crippen MR) is 217 cm³/mol. The third-order valence-electron chi connectivity index (χ3n) is 8.30. The maximum atomic E-state index is 9.08. The zero-order valence-corrected chi connectivity index (χ0v) is 29.6. The van der Waals surface area contributed by atoms with Gasteiger partial charge in [-0.15, -0.1) is 0 Å². The summed E-state index contributed by atoms with van der Waals surface area (Å²) in [5.74, 6) is 0. The van der Waals surface area contributed by atoms with Gasteiger partial charge in [0, 0.05) is 25.9 Å². The second-order valence-electron chi connectivity index (χ2n) is 11.5. The molecule has 49 heavy (non-hydrogen) atoms. The van der Waals surface area contributed by atoms with Crippen LogP contribution in [-0.4, -0.2) is 17.2 Å². The summed E-state index contributed by atoms with van der Waals surface area (Å²) in [7, 11) is -1.40. The summed E-state index contributed by atoms with van der Waals surface area (Å²) in [6.07, 6.45) is 0. The first-order valence-corrected chi connectivity index (χ1v) is 17.3. The monoisotopic (exact) mass is 766 g/mol. The van der Waals surface area contributed by atoms with Gasteiger partial charge in [0.1, 0.15) is 0 Å². The SMILES string of the molecule is Nc1ccc(-c2cccc3ccccc23)cc1-c1cccc2ccccc12.Nc1ccc(Br)cc1Br.OB(O)c1cccc2ccccc12. The van der Waals surface area contributed by atoms with Gasteiger partial charge in [0.2, 0.25) is 0 Å². The van der Waals surface area contributed by atoms with Crippen molar-refractivity contribution in [3.63, 3.8) is 0 Å². The van der Waals surface area contributed by atoms with E-state index in [-0.39, 0.29) is 0 Å². The van der Waals surface area contributed by atoms with Crippen molar-refractivity contribution >= 4 is 88.1 Å². The Balaban J connectivity index is 0.000000156. The summed E-state index contributed by atoms with van der Waals surface area (Å²) in [6, 6.07) is 54.9. The third-order valence-corrected chi connectivity index (χ3v) is 9.48. The fourth-order valence-electron chi connectivity index (χ4n) is 5.87. The zero-order valence-electron chi connectivity index (χ0n) is 26.5. The fourth-order valence-corrected chi connectivity index (χ4v) is 6.92. The van der Waals surface area contributed by atoms with Gasteiger partial charge in [-0.2, -0.15) is 0 Å². The van der Waals surface area contributed by atoms with Crippen molar-refractivity contribution in [2.24, 2.45) is 0 Å². The van der Waals surface area contributed by atoms with Crippen molar-refractivity contribution in [1.29, 1.82) is 0 Å². The van der Waals surface area contributed by atoms with Gasteiger partial charge < -0.3 is 21.5 Å². The number of halogens is 2. The molecular formula is C42H33BBr2N2O2. The summed E-state index contributed by atoms with van der Waals surface area (Å²) >= 11 is 6.60. The average molecular weight is 768 g/mol. The van der Waals surface area contributed by atoms with Crippen molar-refractivity contribution in [2.75, 3.05) is 11.5 Å². The van der Waals surface area contributed by atoms with Crippen LogP contribution in [0.2, 0.25) is 0 Å². The van der Waals surface area contributed by atoms with E-state index in [9.17, 15) is 0 Å². The van der Waals surface area contributed by atoms with E-state index in [0.717, 1.165) is 36.7 Å². The molecule has 8 aromatic rings. The highest BCUT2D eigenvalue weighted by Crippen LogP contribution is 2.37. The molecule has 8 aromatic carbocycles. The lowest BCUT2D eigenvalue weighted by Gasteiger charge is -2.13. The largest absolute Gasteiger partial charge is 0.489 e. The molecule has 0 spiro atoms. The highest BCUT2D eigenvalue weighted by molar-refractivity contribution is 9.11. The molecule has 240 valence electrons. The van der Waals surface area contributed by atoms with E-state index in [1.165, 1.54) is 38.2 Å². The van der Waals surface area contributed by atoms with E-state index < -0.39 is 7.12 Å². The summed E-state index contributed by atoms with van der Waals surface area (Å²) in [5.41, 5.74) is 18.7. The molecule has 0 aromatic heterocycles. The Kier molecular flexibility index (Phi) is 10.8. The molecule has 7 heteroatoms. The van der Waals surface area contributed by atoms with Crippen LogP contribution in [-0.2, 0) is 0 Å². The van der Waals surface area contributed by atoms with Crippen LogP contribution in [0.3, 0.4) is 0 Å². The Bertz CT molecular complexity index is 2380. The predicted octanol–water partition coefficient (Wildman–Crippen LogP) is 10.2. The summed E-state index contributed by atoms with van der Waals surface area (Å²) in [4.78, 5) is 0. The van der Waals surface area contributed by atoms with Gasteiger partial charge >= 0.3 is 7.12 Å². The van der Waals surface area contributed by atoms with Crippen LogP contribution in [0.25, 0.3) is 54.6 Å². The molecule has 0 aliphatic carbocycles. The van der Waals surface area contributed by atoms with E-state index in [4.69, 9.17) is 21.5 Å². The number of hydrogen-bond donors (Lipinski definition) is 4. The minimum Gasteiger partial charge on any atom is -0.423 e. The maximum absolute atomic E-state index is 9.08. The molecule has 0 bridgehead atoms. The number of rotatable bonds is 3. The highest BCUT2D eigenvalue weighted by Gasteiger charge is 2.13. The van der Waals surface area contributed by atoms with Gasteiger partial charge in [0.15, 0.2) is 0 Å². The van der Waals surface area contributed by atoms with Gasteiger partial charge in [-0.05, 0) is 101 Å². The lowest BCUT2D eigenvalue weighted by atomic mass is 9.77. The molecule has 0 saturated heterocycles. The molecule has 8 rings (SSSR count). The second-order valence-corrected chi connectivity index (χ2v) is 13.2. The van der Waals surface area contributed by atoms with Crippen LogP contribution >= 0.6 is 31.9 Å². The lowest BCUT2D eigenvalue weighted by Crippen LogP contribution is -2.30. The topological polar surface area (TPSA) is 92.5 Å². The first kappa shape index (κ1) is 34.0. The third kappa shape index (κ3) is 7.88. The van der Waals surface area contributed by atoms with Crippen LogP contribution in [0.15, 0.2) is 173 Å². The van der Waals surface area contributed by atoms with Crippen LogP contribution in [0.1, 0.15) is 0 Å². The molecule has 0 aliphatic heterocycles. The molecule has 0 unspecified atom stereocenters. The number of nitrogens with two attached hydrogens (primary N) is 2. The Morgan fingerprint density at radius 3 is 1.51 bits per heavy atom. The van der Waals surface area contributed by atoms with E-state index in [1.807, 2.05) is 60.7 Å². The smallest absolute Gasteiger partial charge is 0.423 e. The molecule has 4 nitrogen and oxygen atoms in total. The molecule has 0 amide bonds. The molecule has 0 radical (unpaired) electrons. The fraction of sp³-hybridized carbons (Fsp3) is 0. The summed E-state index contributed by atoms with van der Waals surface area (Å²) in [5, 5.41) is 25.0. The molecule has 0 saturated carbocycles. The number of fused-ring (bicyclic) bond motifs is 3. The number of anilines is 2. The van der Waals surface area contributed by atoms with E-state index in [2.05, 4.69) is 129 Å². The number of nitrogen functional groups attached to an aromatic ring is 2. The van der Waals surface area contributed by atoms with Crippen molar-refractivity contribution in [3.05, 3.63) is 173 Å². The van der Waals surface area contributed by atoms with E-state index in [0.29, 0.717) is 5.46 Å². The second kappa shape index (κ2) is 15.5. The standard InChI is InChI=1S/C26H19N.C10H9BO2.C6H5Br2N/c27-26-16-15-20(23-13-5-9-18-7-1-3-11-21(18)23)17-25(26)24-14-6-10-19-8-2-4-12-22(19)24;12-11(13)10-7-3-5-8-4-1-2-6-9(8)10;7-4-1-2-6(9)5(8)3-4/h1-17H,27H2;1-7,12-13H;1-3H,9H2. The minimum absolute atomic E-state index is 0.554. The van der Waals surface area contributed by atoms with Crippen LogP contribution in [0.5, 0.6) is 0 Å². The van der Waals surface area contributed by atoms with Gasteiger partial charge in [-0.1, -0.05) is 149 Å². The van der Waals surface area contributed by atoms with Crippen LogP contribution in [0.4, 0.5) is 11.4 Å². The van der Waals surface area contributed by atoms with Crippen LogP contribution in [0, 0.1) is 0 Å². The van der Waals surface area contributed by atoms with Crippen molar-refractivity contribution in [3.8, 4) is 22.3 Å². The molecule has 0 fully saturated rings. The molecular weight excluding hydrogens is 735 g/mol. The average Bonchev–Trinajstić information content (AvgIpc) is 3.13. The first-order valence-electron chi connectivity index (χ1n) is 15.7. The van der Waals surface area contributed by atoms with E-state index in [1.54, 1.807) is 6.07 Å². The Labute approximate surface area is 303 Å². The number of hydrogen-bond acceptors (Lipinski definition) is 4. The molecule has 0 heterocycles. The summed E-state index contributed by atoms with van der Waals surface area (Å²) < 4.78 is 1.96. The van der Waals surface area contributed by atoms with Gasteiger partial charge in [0.05, 0.1) is 0 Å². The quantitative estimate of drug-likeness (QED) is 0.106. The first-order chi connectivity index (χ1) is 23.8. The van der Waals surface area contributed by atoms with Gasteiger partial charge in [-0.3, -0.25) is 0 Å². The normalized spacial score (nSPS) is 10.6.